The van der Waals surface area contributed by atoms with Gasteiger partial charge < -0.3 is 14.6 Å². The van der Waals surface area contributed by atoms with Crippen LogP contribution in [0.2, 0.25) is 0 Å². The molecule has 4 nitrogen and oxygen atoms in total. The van der Waals surface area contributed by atoms with E-state index in [0.717, 1.165) is 16.5 Å². The maximum atomic E-state index is 10.9. The van der Waals surface area contributed by atoms with Crippen LogP contribution in [0.1, 0.15) is 31.4 Å². The highest BCUT2D eigenvalue weighted by molar-refractivity contribution is 5.78. The zero-order valence-corrected chi connectivity index (χ0v) is 12.3. The second kappa shape index (κ2) is 6.10. The third-order valence-corrected chi connectivity index (χ3v) is 4.20. The quantitative estimate of drug-likeness (QED) is 0.939. The molecule has 1 aliphatic heterocycles. The van der Waals surface area contributed by atoms with Gasteiger partial charge in [0.15, 0.2) is 0 Å². The molecule has 2 heterocycles. The largest absolute Gasteiger partial charge is 0.385 e. The molecule has 21 heavy (non-hydrogen) atoms. The SMILES string of the molecule is CCOC1(C(O)c2cnc3ccccc3c2)CCOCC1. The summed E-state index contributed by atoms with van der Waals surface area (Å²) in [6, 6.07) is 9.93. The van der Waals surface area contributed by atoms with Crippen LogP contribution in [0.15, 0.2) is 36.5 Å². The van der Waals surface area contributed by atoms with Crippen LogP contribution in [0.4, 0.5) is 0 Å². The van der Waals surface area contributed by atoms with Gasteiger partial charge in [-0.05, 0) is 19.1 Å². The van der Waals surface area contributed by atoms with E-state index in [1.54, 1.807) is 6.20 Å². The van der Waals surface area contributed by atoms with Crippen molar-refractivity contribution in [1.29, 1.82) is 0 Å². The van der Waals surface area contributed by atoms with Crippen LogP contribution in [-0.4, -0.2) is 35.5 Å². The molecule has 1 atom stereocenters. The summed E-state index contributed by atoms with van der Waals surface area (Å²) in [5, 5.41) is 11.9. The number of hydrogen-bond donors (Lipinski definition) is 1. The molecule has 1 saturated heterocycles. The van der Waals surface area contributed by atoms with Gasteiger partial charge in [-0.15, -0.1) is 0 Å². The number of nitrogens with zero attached hydrogens (tertiary/aromatic N) is 1. The molecule has 1 aromatic carbocycles. The van der Waals surface area contributed by atoms with Gasteiger partial charge in [-0.2, -0.15) is 0 Å². The molecule has 1 fully saturated rings. The van der Waals surface area contributed by atoms with Gasteiger partial charge in [-0.1, -0.05) is 18.2 Å². The fourth-order valence-electron chi connectivity index (χ4n) is 3.04. The Kier molecular flexibility index (Phi) is 4.19. The maximum absolute atomic E-state index is 10.9. The normalized spacial score (nSPS) is 19.5. The molecule has 112 valence electrons. The number of ether oxygens (including phenoxy) is 2. The van der Waals surface area contributed by atoms with Gasteiger partial charge in [0.2, 0.25) is 0 Å². The first-order valence-electron chi connectivity index (χ1n) is 7.50. The molecule has 0 amide bonds. The summed E-state index contributed by atoms with van der Waals surface area (Å²) in [7, 11) is 0. The fraction of sp³-hybridized carbons (Fsp3) is 0.471. The number of aromatic nitrogens is 1. The lowest BCUT2D eigenvalue weighted by Crippen LogP contribution is -2.44. The minimum atomic E-state index is -0.682. The van der Waals surface area contributed by atoms with Crippen LogP contribution in [-0.2, 0) is 9.47 Å². The second-order valence-electron chi connectivity index (χ2n) is 5.47. The molecular weight excluding hydrogens is 266 g/mol. The summed E-state index contributed by atoms with van der Waals surface area (Å²) in [6.07, 6.45) is 2.48. The smallest absolute Gasteiger partial charge is 0.110 e. The van der Waals surface area contributed by atoms with Crippen LogP contribution in [0.5, 0.6) is 0 Å². The van der Waals surface area contributed by atoms with E-state index >= 15 is 0 Å². The van der Waals surface area contributed by atoms with Gasteiger partial charge in [-0.25, -0.2) is 0 Å². The van der Waals surface area contributed by atoms with Crippen molar-refractivity contribution in [3.63, 3.8) is 0 Å². The van der Waals surface area contributed by atoms with Crippen LogP contribution in [0.25, 0.3) is 10.9 Å². The fourth-order valence-corrected chi connectivity index (χ4v) is 3.04. The van der Waals surface area contributed by atoms with Crippen molar-refractivity contribution in [2.24, 2.45) is 0 Å². The number of aliphatic hydroxyl groups excluding tert-OH is 1. The van der Waals surface area contributed by atoms with Gasteiger partial charge in [0.05, 0.1) is 5.52 Å². The van der Waals surface area contributed by atoms with Crippen molar-refractivity contribution in [1.82, 2.24) is 4.98 Å². The molecule has 2 aromatic rings. The summed E-state index contributed by atoms with van der Waals surface area (Å²) in [5.74, 6) is 0. The molecule has 0 spiro atoms. The third kappa shape index (κ3) is 2.79. The van der Waals surface area contributed by atoms with E-state index in [1.165, 1.54) is 0 Å². The van der Waals surface area contributed by atoms with Crippen molar-refractivity contribution in [2.75, 3.05) is 19.8 Å². The first-order valence-corrected chi connectivity index (χ1v) is 7.50. The van der Waals surface area contributed by atoms with E-state index in [1.807, 2.05) is 37.3 Å². The number of fused-ring (bicyclic) bond motifs is 1. The lowest BCUT2D eigenvalue weighted by Gasteiger charge is -2.40. The second-order valence-corrected chi connectivity index (χ2v) is 5.47. The summed E-state index contributed by atoms with van der Waals surface area (Å²) in [4.78, 5) is 4.44. The molecule has 0 radical (unpaired) electrons. The van der Waals surface area contributed by atoms with Crippen molar-refractivity contribution in [3.05, 3.63) is 42.1 Å². The van der Waals surface area contributed by atoms with E-state index in [0.29, 0.717) is 32.7 Å². The van der Waals surface area contributed by atoms with E-state index in [2.05, 4.69) is 4.98 Å². The topological polar surface area (TPSA) is 51.6 Å². The average molecular weight is 287 g/mol. The van der Waals surface area contributed by atoms with Crippen molar-refractivity contribution in [3.8, 4) is 0 Å². The molecule has 3 rings (SSSR count). The molecule has 1 N–H and O–H groups in total. The van der Waals surface area contributed by atoms with Crippen LogP contribution >= 0.6 is 0 Å². The highest BCUT2D eigenvalue weighted by Crippen LogP contribution is 2.38. The highest BCUT2D eigenvalue weighted by Gasteiger charge is 2.41. The monoisotopic (exact) mass is 287 g/mol. The Hall–Kier alpha value is -1.49. The summed E-state index contributed by atoms with van der Waals surface area (Å²) >= 11 is 0. The predicted octanol–water partition coefficient (Wildman–Crippen LogP) is 2.85. The molecule has 1 aromatic heterocycles. The minimum absolute atomic E-state index is 0.558. The van der Waals surface area contributed by atoms with E-state index in [4.69, 9.17) is 9.47 Å². The van der Waals surface area contributed by atoms with E-state index in [9.17, 15) is 5.11 Å². The Morgan fingerprint density at radius 2 is 2.10 bits per heavy atom. The molecule has 4 heteroatoms. The third-order valence-electron chi connectivity index (χ3n) is 4.20. The lowest BCUT2D eigenvalue weighted by atomic mass is 9.84. The average Bonchev–Trinajstić information content (AvgIpc) is 2.55. The van der Waals surface area contributed by atoms with Gasteiger partial charge in [-0.3, -0.25) is 4.98 Å². The van der Waals surface area contributed by atoms with Gasteiger partial charge in [0.1, 0.15) is 11.7 Å². The van der Waals surface area contributed by atoms with Crippen LogP contribution in [0, 0.1) is 0 Å². The standard InChI is InChI=1S/C17H21NO3/c1-2-21-17(7-9-20-10-8-17)16(19)14-11-13-5-3-4-6-15(13)18-12-14/h3-6,11-12,16,19H,2,7-10H2,1H3. The maximum Gasteiger partial charge on any atom is 0.110 e. The van der Waals surface area contributed by atoms with Gasteiger partial charge in [0, 0.05) is 49.8 Å². The van der Waals surface area contributed by atoms with Crippen LogP contribution in [0.3, 0.4) is 0 Å². The summed E-state index contributed by atoms with van der Waals surface area (Å²) < 4.78 is 11.4. The molecule has 1 aliphatic rings. The number of rotatable bonds is 4. The Morgan fingerprint density at radius 1 is 1.33 bits per heavy atom. The Labute approximate surface area is 124 Å². The molecular formula is C17H21NO3. The minimum Gasteiger partial charge on any atom is -0.385 e. The predicted molar refractivity (Wildman–Crippen MR) is 81.1 cm³/mol. The molecule has 1 unspecified atom stereocenters. The molecule has 0 bridgehead atoms. The van der Waals surface area contributed by atoms with E-state index in [-0.39, 0.29) is 0 Å². The van der Waals surface area contributed by atoms with Crippen LogP contribution < -0.4 is 0 Å². The van der Waals surface area contributed by atoms with Crippen molar-refractivity contribution < 1.29 is 14.6 Å². The summed E-state index contributed by atoms with van der Waals surface area (Å²) in [5.41, 5.74) is 1.19. The Bertz CT molecular complexity index is 602. The Balaban J connectivity index is 1.95. The zero-order valence-electron chi connectivity index (χ0n) is 12.3. The molecule has 0 saturated carbocycles. The lowest BCUT2D eigenvalue weighted by molar-refractivity contribution is -0.168. The van der Waals surface area contributed by atoms with Gasteiger partial charge >= 0.3 is 0 Å². The zero-order chi connectivity index (χ0) is 14.7. The number of benzene rings is 1. The summed E-state index contributed by atoms with van der Waals surface area (Å²) in [6.45, 7) is 3.79. The van der Waals surface area contributed by atoms with Gasteiger partial charge in [0.25, 0.3) is 0 Å². The number of para-hydroxylation sites is 1. The number of aliphatic hydroxyl groups is 1. The van der Waals surface area contributed by atoms with Crippen molar-refractivity contribution >= 4 is 10.9 Å². The first kappa shape index (κ1) is 14.4. The van der Waals surface area contributed by atoms with E-state index < -0.39 is 11.7 Å². The van der Waals surface area contributed by atoms with Crippen molar-refractivity contribution in [2.45, 2.75) is 31.5 Å². The Morgan fingerprint density at radius 3 is 2.86 bits per heavy atom. The highest BCUT2D eigenvalue weighted by atomic mass is 16.5. The number of hydrogen-bond acceptors (Lipinski definition) is 4. The first-order chi connectivity index (χ1) is 10.2. The molecule has 0 aliphatic carbocycles. The number of pyridine rings is 1.